The molecule has 0 bridgehead atoms. The monoisotopic (exact) mass is 271 g/mol. The lowest BCUT2D eigenvalue weighted by Gasteiger charge is -2.19. The molecular formula is C12H17NO6. The van der Waals surface area contributed by atoms with Crippen molar-refractivity contribution < 1.29 is 24.6 Å². The first-order valence-electron chi connectivity index (χ1n) is 5.60. The Morgan fingerprint density at radius 3 is 2.42 bits per heavy atom. The summed E-state index contributed by atoms with van der Waals surface area (Å²) in [5.74, 6) is 0.410. The fraction of sp³-hybridized carbons (Fsp3) is 0.500. The van der Waals surface area contributed by atoms with Gasteiger partial charge >= 0.3 is 0 Å². The molecule has 0 spiro atoms. The van der Waals surface area contributed by atoms with E-state index in [0.29, 0.717) is 0 Å². The van der Waals surface area contributed by atoms with E-state index < -0.39 is 17.1 Å². The largest absolute Gasteiger partial charge is 0.493 e. The zero-order chi connectivity index (χ0) is 14.6. The maximum Gasteiger partial charge on any atom is 0.278 e. The standard InChI is InChI=1S/C12H17NO6/c1-12(2,15)7-19-11-5-9(13(16)17)8(6-14)4-10(11)18-3/h4-5,14-15H,6-7H2,1-3H3. The van der Waals surface area contributed by atoms with Crippen molar-refractivity contribution >= 4 is 5.69 Å². The van der Waals surface area contributed by atoms with E-state index in [-0.39, 0.29) is 29.4 Å². The molecule has 106 valence electrons. The van der Waals surface area contributed by atoms with Gasteiger partial charge in [-0.05, 0) is 19.9 Å². The Bertz CT molecular complexity index is 466. The van der Waals surface area contributed by atoms with Crippen LogP contribution in [0.1, 0.15) is 19.4 Å². The number of nitro groups is 1. The molecule has 1 aromatic carbocycles. The number of nitrogens with zero attached hydrogens (tertiary/aromatic N) is 1. The van der Waals surface area contributed by atoms with Crippen LogP contribution in [0, 0.1) is 10.1 Å². The number of ether oxygens (including phenoxy) is 2. The normalized spacial score (nSPS) is 11.2. The minimum absolute atomic E-state index is 0.0427. The van der Waals surface area contributed by atoms with Gasteiger partial charge in [-0.1, -0.05) is 0 Å². The van der Waals surface area contributed by atoms with E-state index in [2.05, 4.69) is 0 Å². The minimum atomic E-state index is -1.07. The van der Waals surface area contributed by atoms with Crippen molar-refractivity contribution in [3.63, 3.8) is 0 Å². The van der Waals surface area contributed by atoms with Crippen LogP contribution >= 0.6 is 0 Å². The summed E-state index contributed by atoms with van der Waals surface area (Å²) in [4.78, 5) is 10.3. The Morgan fingerprint density at radius 1 is 1.37 bits per heavy atom. The first-order chi connectivity index (χ1) is 8.78. The zero-order valence-corrected chi connectivity index (χ0v) is 11.0. The number of hydrogen-bond acceptors (Lipinski definition) is 6. The van der Waals surface area contributed by atoms with E-state index in [4.69, 9.17) is 14.6 Å². The molecule has 7 heteroatoms. The highest BCUT2D eigenvalue weighted by Crippen LogP contribution is 2.35. The topological polar surface area (TPSA) is 102 Å². The predicted octanol–water partition coefficient (Wildman–Crippen LogP) is 1.25. The quantitative estimate of drug-likeness (QED) is 0.596. The van der Waals surface area contributed by atoms with Crippen LogP contribution in [0.4, 0.5) is 5.69 Å². The van der Waals surface area contributed by atoms with Crippen LogP contribution in [0.2, 0.25) is 0 Å². The van der Waals surface area contributed by atoms with Crippen LogP contribution in [0.3, 0.4) is 0 Å². The highest BCUT2D eigenvalue weighted by Gasteiger charge is 2.21. The van der Waals surface area contributed by atoms with Crippen LogP contribution in [-0.4, -0.2) is 34.5 Å². The summed E-state index contributed by atoms with van der Waals surface area (Å²) in [7, 11) is 1.39. The van der Waals surface area contributed by atoms with E-state index in [1.807, 2.05) is 0 Å². The molecule has 0 aliphatic carbocycles. The molecule has 0 unspecified atom stereocenters. The zero-order valence-electron chi connectivity index (χ0n) is 11.0. The average Bonchev–Trinajstić information content (AvgIpc) is 2.34. The molecule has 0 radical (unpaired) electrons. The summed E-state index contributed by atoms with van der Waals surface area (Å²) in [6.07, 6.45) is 0. The molecule has 1 rings (SSSR count). The lowest BCUT2D eigenvalue weighted by atomic mass is 10.1. The molecule has 0 aliphatic rings. The van der Waals surface area contributed by atoms with Crippen LogP contribution in [0.5, 0.6) is 11.5 Å². The second-order valence-electron chi connectivity index (χ2n) is 4.65. The molecular weight excluding hydrogens is 254 g/mol. The highest BCUT2D eigenvalue weighted by atomic mass is 16.6. The van der Waals surface area contributed by atoms with Gasteiger partial charge in [0, 0.05) is 0 Å². The van der Waals surface area contributed by atoms with Crippen LogP contribution in [-0.2, 0) is 6.61 Å². The van der Waals surface area contributed by atoms with Gasteiger partial charge in [0.05, 0.1) is 35.9 Å². The highest BCUT2D eigenvalue weighted by molar-refractivity contribution is 5.54. The summed E-state index contributed by atoms with van der Waals surface area (Å²) in [6.45, 7) is 2.59. The molecule has 2 N–H and O–H groups in total. The number of nitro benzene ring substituents is 1. The first-order valence-corrected chi connectivity index (χ1v) is 5.60. The van der Waals surface area contributed by atoms with Gasteiger partial charge in [0.1, 0.15) is 6.61 Å². The molecule has 0 atom stereocenters. The Kier molecular flexibility index (Phi) is 4.68. The first kappa shape index (κ1) is 15.2. The lowest BCUT2D eigenvalue weighted by molar-refractivity contribution is -0.386. The molecule has 0 aliphatic heterocycles. The van der Waals surface area contributed by atoms with Crippen molar-refractivity contribution in [3.8, 4) is 11.5 Å². The predicted molar refractivity (Wildman–Crippen MR) is 67.4 cm³/mol. The number of aliphatic hydroxyl groups excluding tert-OH is 1. The number of hydrogen-bond donors (Lipinski definition) is 2. The number of aliphatic hydroxyl groups is 2. The Morgan fingerprint density at radius 2 is 2.00 bits per heavy atom. The average molecular weight is 271 g/mol. The third-order valence-electron chi connectivity index (χ3n) is 2.31. The molecule has 7 nitrogen and oxygen atoms in total. The Labute approximate surface area is 110 Å². The van der Waals surface area contributed by atoms with E-state index in [9.17, 15) is 15.2 Å². The molecule has 0 saturated heterocycles. The van der Waals surface area contributed by atoms with E-state index >= 15 is 0 Å². The molecule has 0 aromatic heterocycles. The summed E-state index contributed by atoms with van der Waals surface area (Å²) >= 11 is 0. The SMILES string of the molecule is COc1cc(CO)c([N+](=O)[O-])cc1OCC(C)(C)O. The third kappa shape index (κ3) is 4.08. The van der Waals surface area contributed by atoms with Gasteiger partial charge in [-0.25, -0.2) is 0 Å². The van der Waals surface area contributed by atoms with Crippen molar-refractivity contribution in [1.29, 1.82) is 0 Å². The van der Waals surface area contributed by atoms with Crippen molar-refractivity contribution in [1.82, 2.24) is 0 Å². The molecule has 19 heavy (non-hydrogen) atoms. The maximum absolute atomic E-state index is 10.9. The minimum Gasteiger partial charge on any atom is -0.493 e. The fourth-order valence-corrected chi connectivity index (χ4v) is 1.41. The number of benzene rings is 1. The maximum atomic E-state index is 10.9. The summed E-state index contributed by atoms with van der Waals surface area (Å²) in [6, 6.07) is 2.52. The Balaban J connectivity index is 3.15. The van der Waals surface area contributed by atoms with Crippen LogP contribution in [0.25, 0.3) is 0 Å². The van der Waals surface area contributed by atoms with Gasteiger partial charge in [-0.3, -0.25) is 10.1 Å². The molecule has 0 fully saturated rings. The molecule has 0 saturated carbocycles. The molecule has 0 heterocycles. The number of methoxy groups -OCH3 is 1. The summed E-state index contributed by atoms with van der Waals surface area (Å²) in [5.41, 5.74) is -1.19. The lowest BCUT2D eigenvalue weighted by Crippen LogP contribution is -2.28. The van der Waals surface area contributed by atoms with Crippen molar-refractivity contribution in [2.24, 2.45) is 0 Å². The van der Waals surface area contributed by atoms with Crippen LogP contribution in [0.15, 0.2) is 12.1 Å². The summed E-state index contributed by atoms with van der Waals surface area (Å²) < 4.78 is 10.4. The van der Waals surface area contributed by atoms with Gasteiger partial charge in [-0.15, -0.1) is 0 Å². The smallest absolute Gasteiger partial charge is 0.278 e. The van der Waals surface area contributed by atoms with Crippen LogP contribution < -0.4 is 9.47 Å². The van der Waals surface area contributed by atoms with E-state index in [0.717, 1.165) is 0 Å². The second kappa shape index (κ2) is 5.85. The van der Waals surface area contributed by atoms with E-state index in [1.165, 1.54) is 19.2 Å². The third-order valence-corrected chi connectivity index (χ3v) is 2.31. The van der Waals surface area contributed by atoms with Crippen molar-refractivity contribution in [3.05, 3.63) is 27.8 Å². The van der Waals surface area contributed by atoms with E-state index in [1.54, 1.807) is 13.8 Å². The molecule has 0 amide bonds. The van der Waals surface area contributed by atoms with Gasteiger partial charge < -0.3 is 19.7 Å². The summed E-state index contributed by atoms with van der Waals surface area (Å²) in [5, 5.41) is 29.6. The number of rotatable bonds is 6. The second-order valence-corrected chi connectivity index (χ2v) is 4.65. The van der Waals surface area contributed by atoms with Gasteiger partial charge in [0.25, 0.3) is 5.69 Å². The van der Waals surface area contributed by atoms with Gasteiger partial charge in [0.15, 0.2) is 11.5 Å². The van der Waals surface area contributed by atoms with Gasteiger partial charge in [-0.2, -0.15) is 0 Å². The van der Waals surface area contributed by atoms with Crippen molar-refractivity contribution in [2.45, 2.75) is 26.1 Å². The fourth-order valence-electron chi connectivity index (χ4n) is 1.41. The van der Waals surface area contributed by atoms with Crippen molar-refractivity contribution in [2.75, 3.05) is 13.7 Å². The molecule has 1 aromatic rings. The van der Waals surface area contributed by atoms with Gasteiger partial charge in [0.2, 0.25) is 0 Å². The Hall–Kier alpha value is -1.86.